The lowest BCUT2D eigenvalue weighted by molar-refractivity contribution is -0.0285. The lowest BCUT2D eigenvalue weighted by Gasteiger charge is -2.30. The molecule has 1 aliphatic rings. The number of hydrogen-bond acceptors (Lipinski definition) is 3. The van der Waals surface area contributed by atoms with Gasteiger partial charge in [0, 0.05) is 25.6 Å². The Morgan fingerprint density at radius 3 is 2.60 bits per heavy atom. The van der Waals surface area contributed by atoms with E-state index in [-0.39, 0.29) is 6.10 Å². The predicted octanol–water partition coefficient (Wildman–Crippen LogP) is 1.55. The first-order valence-electron chi connectivity index (χ1n) is 6.07. The predicted molar refractivity (Wildman–Crippen MR) is 61.9 cm³/mol. The maximum Gasteiger partial charge on any atom is 0.105 e. The second-order valence-electron chi connectivity index (χ2n) is 5.01. The van der Waals surface area contributed by atoms with Gasteiger partial charge in [-0.15, -0.1) is 0 Å². The molecule has 0 bridgehead atoms. The molecule has 15 heavy (non-hydrogen) atoms. The summed E-state index contributed by atoms with van der Waals surface area (Å²) in [6.45, 7) is 9.86. The maximum atomic E-state index is 10.3. The van der Waals surface area contributed by atoms with E-state index in [0.29, 0.717) is 25.1 Å². The molecule has 3 unspecified atom stereocenters. The van der Waals surface area contributed by atoms with Gasteiger partial charge in [-0.3, -0.25) is 0 Å². The summed E-state index contributed by atoms with van der Waals surface area (Å²) >= 11 is 0. The lowest BCUT2D eigenvalue weighted by Crippen LogP contribution is -2.49. The second kappa shape index (κ2) is 5.28. The molecular formula is C12H25NO2. The van der Waals surface area contributed by atoms with Crippen LogP contribution in [0.5, 0.6) is 0 Å². The van der Waals surface area contributed by atoms with Crippen LogP contribution in [0.4, 0.5) is 0 Å². The molecule has 0 spiro atoms. The van der Waals surface area contributed by atoms with E-state index in [1.54, 1.807) is 0 Å². The Balaban J connectivity index is 2.41. The number of aliphatic hydroxyl groups is 1. The molecule has 3 heteroatoms. The minimum Gasteiger partial charge on any atom is -0.386 e. The van der Waals surface area contributed by atoms with Crippen molar-refractivity contribution in [2.75, 3.05) is 13.2 Å². The summed E-state index contributed by atoms with van der Waals surface area (Å²) in [6.07, 6.45) is 1.80. The van der Waals surface area contributed by atoms with Gasteiger partial charge in [0.05, 0.1) is 6.10 Å². The zero-order chi connectivity index (χ0) is 11.5. The Hall–Kier alpha value is -0.120. The molecule has 3 nitrogen and oxygen atoms in total. The Morgan fingerprint density at radius 1 is 1.53 bits per heavy atom. The molecular weight excluding hydrogens is 190 g/mol. The van der Waals surface area contributed by atoms with E-state index >= 15 is 0 Å². The molecule has 3 atom stereocenters. The highest BCUT2D eigenvalue weighted by Crippen LogP contribution is 2.25. The smallest absolute Gasteiger partial charge is 0.105 e. The maximum absolute atomic E-state index is 10.3. The molecule has 1 heterocycles. The summed E-state index contributed by atoms with van der Waals surface area (Å²) in [5.74, 6) is 0.608. The molecule has 0 aromatic heterocycles. The van der Waals surface area contributed by atoms with E-state index in [1.165, 1.54) is 0 Å². The average molecular weight is 215 g/mol. The summed E-state index contributed by atoms with van der Waals surface area (Å²) in [5, 5.41) is 13.8. The van der Waals surface area contributed by atoms with E-state index in [2.05, 4.69) is 26.1 Å². The SMILES string of the molecule is CCC(NCC1(O)CCOC1C)C(C)C. The van der Waals surface area contributed by atoms with Gasteiger partial charge in [-0.2, -0.15) is 0 Å². The van der Waals surface area contributed by atoms with Crippen LogP contribution in [0.3, 0.4) is 0 Å². The van der Waals surface area contributed by atoms with Gasteiger partial charge in [0.25, 0.3) is 0 Å². The van der Waals surface area contributed by atoms with Gasteiger partial charge in [0.2, 0.25) is 0 Å². The van der Waals surface area contributed by atoms with Gasteiger partial charge >= 0.3 is 0 Å². The molecule has 0 saturated carbocycles. The van der Waals surface area contributed by atoms with E-state index < -0.39 is 5.60 Å². The highest BCUT2D eigenvalue weighted by molar-refractivity contribution is 4.92. The van der Waals surface area contributed by atoms with Crippen LogP contribution >= 0.6 is 0 Å². The highest BCUT2D eigenvalue weighted by atomic mass is 16.5. The normalized spacial score (nSPS) is 33.6. The van der Waals surface area contributed by atoms with E-state index in [9.17, 15) is 5.11 Å². The fraction of sp³-hybridized carbons (Fsp3) is 1.00. The molecule has 1 fully saturated rings. The molecule has 0 amide bonds. The molecule has 1 saturated heterocycles. The van der Waals surface area contributed by atoms with Crippen LogP contribution in [0.25, 0.3) is 0 Å². The number of hydrogen-bond donors (Lipinski definition) is 2. The van der Waals surface area contributed by atoms with Gasteiger partial charge in [0.1, 0.15) is 5.60 Å². The molecule has 0 aromatic rings. The minimum absolute atomic E-state index is 0.0466. The molecule has 0 radical (unpaired) electrons. The van der Waals surface area contributed by atoms with Crippen molar-refractivity contribution in [2.24, 2.45) is 5.92 Å². The van der Waals surface area contributed by atoms with Crippen molar-refractivity contribution in [3.63, 3.8) is 0 Å². The van der Waals surface area contributed by atoms with Crippen LogP contribution in [-0.2, 0) is 4.74 Å². The van der Waals surface area contributed by atoms with Crippen molar-refractivity contribution in [1.82, 2.24) is 5.32 Å². The Kier molecular flexibility index (Phi) is 4.56. The van der Waals surface area contributed by atoms with E-state index in [4.69, 9.17) is 4.74 Å². The van der Waals surface area contributed by atoms with Crippen molar-refractivity contribution < 1.29 is 9.84 Å². The third-order valence-electron chi connectivity index (χ3n) is 3.57. The average Bonchev–Trinajstić information content (AvgIpc) is 2.48. The standard InChI is InChI=1S/C12H25NO2/c1-5-11(9(2)3)13-8-12(14)6-7-15-10(12)4/h9-11,13-14H,5-8H2,1-4H3. The van der Waals surface area contributed by atoms with Gasteiger partial charge in [-0.1, -0.05) is 20.8 Å². The minimum atomic E-state index is -0.664. The first-order chi connectivity index (χ1) is 6.99. The quantitative estimate of drug-likeness (QED) is 0.731. The first kappa shape index (κ1) is 12.9. The van der Waals surface area contributed by atoms with Gasteiger partial charge < -0.3 is 15.2 Å². The van der Waals surface area contributed by atoms with Crippen molar-refractivity contribution in [3.8, 4) is 0 Å². The Morgan fingerprint density at radius 2 is 2.20 bits per heavy atom. The summed E-state index contributed by atoms with van der Waals surface area (Å²) in [4.78, 5) is 0. The van der Waals surface area contributed by atoms with Crippen molar-refractivity contribution in [1.29, 1.82) is 0 Å². The van der Waals surface area contributed by atoms with Gasteiger partial charge in [0.15, 0.2) is 0 Å². The molecule has 1 rings (SSSR count). The molecule has 90 valence electrons. The zero-order valence-electron chi connectivity index (χ0n) is 10.4. The van der Waals surface area contributed by atoms with E-state index in [0.717, 1.165) is 12.8 Å². The first-order valence-corrected chi connectivity index (χ1v) is 6.07. The van der Waals surface area contributed by atoms with Crippen molar-refractivity contribution in [3.05, 3.63) is 0 Å². The van der Waals surface area contributed by atoms with Crippen molar-refractivity contribution in [2.45, 2.75) is 58.3 Å². The molecule has 2 N–H and O–H groups in total. The number of rotatable bonds is 5. The number of ether oxygens (including phenoxy) is 1. The monoisotopic (exact) mass is 215 g/mol. The lowest BCUT2D eigenvalue weighted by atomic mass is 9.94. The van der Waals surface area contributed by atoms with Gasteiger partial charge in [-0.25, -0.2) is 0 Å². The summed E-state index contributed by atoms with van der Waals surface area (Å²) in [5.41, 5.74) is -0.664. The molecule has 0 aromatic carbocycles. The van der Waals surface area contributed by atoms with Crippen LogP contribution in [0.2, 0.25) is 0 Å². The highest BCUT2D eigenvalue weighted by Gasteiger charge is 2.39. The van der Waals surface area contributed by atoms with Crippen LogP contribution in [0.15, 0.2) is 0 Å². The Bertz CT molecular complexity index is 196. The van der Waals surface area contributed by atoms with E-state index in [1.807, 2.05) is 6.92 Å². The van der Waals surface area contributed by atoms with Crippen molar-refractivity contribution >= 4 is 0 Å². The molecule has 1 aliphatic heterocycles. The third kappa shape index (κ3) is 3.16. The summed E-state index contributed by atoms with van der Waals surface area (Å²) < 4.78 is 5.40. The Labute approximate surface area is 93.2 Å². The summed E-state index contributed by atoms with van der Waals surface area (Å²) in [6, 6.07) is 0.488. The van der Waals surface area contributed by atoms with Gasteiger partial charge in [-0.05, 0) is 19.3 Å². The van der Waals surface area contributed by atoms with Crippen LogP contribution < -0.4 is 5.32 Å². The van der Waals surface area contributed by atoms with Crippen LogP contribution in [0, 0.1) is 5.92 Å². The number of nitrogens with one attached hydrogen (secondary N) is 1. The zero-order valence-corrected chi connectivity index (χ0v) is 10.4. The fourth-order valence-corrected chi connectivity index (χ4v) is 2.16. The topological polar surface area (TPSA) is 41.5 Å². The van der Waals surface area contributed by atoms with Crippen LogP contribution in [0.1, 0.15) is 40.5 Å². The largest absolute Gasteiger partial charge is 0.386 e. The summed E-state index contributed by atoms with van der Waals surface area (Å²) in [7, 11) is 0. The fourth-order valence-electron chi connectivity index (χ4n) is 2.16. The second-order valence-corrected chi connectivity index (χ2v) is 5.01. The third-order valence-corrected chi connectivity index (χ3v) is 3.57. The van der Waals surface area contributed by atoms with Crippen LogP contribution in [-0.4, -0.2) is 36.0 Å². The molecule has 0 aliphatic carbocycles.